The fourth-order valence-corrected chi connectivity index (χ4v) is 10.7. The monoisotopic (exact) mass is 1170 g/mol. The summed E-state index contributed by atoms with van der Waals surface area (Å²) >= 11 is 0. The van der Waals surface area contributed by atoms with E-state index in [1.54, 1.807) is 0 Å². The third-order valence-corrected chi connectivity index (χ3v) is 14.6. The molecule has 0 bridgehead atoms. The topological polar surface area (TPSA) is 201 Å². The fraction of sp³-hybridized carbons (Fsp3) is 0.418. The van der Waals surface area contributed by atoms with Crippen molar-refractivity contribution in [1.29, 1.82) is 0 Å². The Balaban J connectivity index is 1.15. The van der Waals surface area contributed by atoms with Gasteiger partial charge in [-0.3, -0.25) is 14.4 Å². The number of hydrogen-bond acceptors (Lipinski definition) is 18. The van der Waals surface area contributed by atoms with Crippen LogP contribution in [0, 0.1) is 0 Å². The molecule has 18 heteroatoms. The van der Waals surface area contributed by atoms with E-state index < -0.39 is 116 Å². The Kier molecular flexibility index (Phi) is 23.7. The average Bonchev–Trinajstić information content (AvgIpc) is 3.32. The number of hydrogen-bond donors (Lipinski definition) is 1. The van der Waals surface area contributed by atoms with Crippen molar-refractivity contribution in [2.24, 2.45) is 0 Å². The molecular formula is C67H76O18. The number of ether oxygens (including phenoxy) is 14. The first kappa shape index (κ1) is 62.8. The van der Waals surface area contributed by atoms with Crippen LogP contribution in [0.4, 0.5) is 0 Å². The van der Waals surface area contributed by atoms with Crippen LogP contribution in [0.5, 0.6) is 0 Å². The maximum Gasteiger partial charge on any atom is 0.303 e. The minimum atomic E-state index is -1.66. The Morgan fingerprint density at radius 2 is 0.647 bits per heavy atom. The van der Waals surface area contributed by atoms with E-state index in [-0.39, 0.29) is 52.9 Å². The maximum absolute atomic E-state index is 13.8. The maximum atomic E-state index is 13.8. The largest absolute Gasteiger partial charge is 0.457 e. The summed E-state index contributed by atoms with van der Waals surface area (Å²) in [6, 6.07) is 57.0. The van der Waals surface area contributed by atoms with E-state index in [0.29, 0.717) is 0 Å². The predicted molar refractivity (Wildman–Crippen MR) is 307 cm³/mol. The van der Waals surface area contributed by atoms with E-state index in [1.165, 1.54) is 20.8 Å². The van der Waals surface area contributed by atoms with Crippen LogP contribution in [0.15, 0.2) is 182 Å². The molecule has 0 amide bonds. The lowest BCUT2D eigenvalue weighted by Gasteiger charge is -2.51. The van der Waals surface area contributed by atoms with Gasteiger partial charge in [0.25, 0.3) is 0 Å². The SMILES string of the molecule is CC(=O)OC1C(OC(C)=O)[C@H](OCc2ccccc2)C(COCc2ccccc2)O[C@@H]1OC1C(OC(C)=O)[C@H](OCc2ccccc2)C(COCc2ccccc2)O[C@@H]1O[C@@H]1C(OCc2ccccc2)[C@@H](C)OC(CO)[C@H]1OCc1ccccc1. The van der Waals surface area contributed by atoms with E-state index in [2.05, 4.69) is 0 Å². The van der Waals surface area contributed by atoms with Gasteiger partial charge in [-0.2, -0.15) is 0 Å². The van der Waals surface area contributed by atoms with Crippen molar-refractivity contribution in [3.63, 3.8) is 0 Å². The molecule has 6 aromatic carbocycles. The zero-order valence-corrected chi connectivity index (χ0v) is 48.2. The minimum Gasteiger partial charge on any atom is -0.457 e. The van der Waals surface area contributed by atoms with Crippen molar-refractivity contribution in [2.45, 2.75) is 159 Å². The zero-order valence-electron chi connectivity index (χ0n) is 48.2. The molecule has 1 N–H and O–H groups in total. The van der Waals surface area contributed by atoms with E-state index in [0.717, 1.165) is 33.4 Å². The van der Waals surface area contributed by atoms with Crippen LogP contribution in [0.25, 0.3) is 0 Å². The highest BCUT2D eigenvalue weighted by Gasteiger charge is 2.58. The molecule has 0 spiro atoms. The molecule has 15 atom stereocenters. The number of rotatable bonds is 28. The van der Waals surface area contributed by atoms with Crippen molar-refractivity contribution in [2.75, 3.05) is 19.8 Å². The molecule has 85 heavy (non-hydrogen) atoms. The Bertz CT molecular complexity index is 2910. The third-order valence-electron chi connectivity index (χ3n) is 14.6. The van der Waals surface area contributed by atoms with Crippen LogP contribution in [0.3, 0.4) is 0 Å². The second-order valence-electron chi connectivity index (χ2n) is 21.1. The van der Waals surface area contributed by atoms with Crippen molar-refractivity contribution in [3.05, 3.63) is 215 Å². The number of carbonyl (C=O) groups is 3. The van der Waals surface area contributed by atoms with Gasteiger partial charge in [0.15, 0.2) is 37.0 Å². The minimum absolute atomic E-state index is 0.0201. The van der Waals surface area contributed by atoms with Crippen LogP contribution in [-0.4, -0.2) is 135 Å². The summed E-state index contributed by atoms with van der Waals surface area (Å²) in [6.45, 7) is 5.39. The van der Waals surface area contributed by atoms with Crippen molar-refractivity contribution in [1.82, 2.24) is 0 Å². The first-order valence-corrected chi connectivity index (χ1v) is 28.7. The van der Waals surface area contributed by atoms with Crippen LogP contribution in [0.1, 0.15) is 61.1 Å². The summed E-state index contributed by atoms with van der Waals surface area (Å²) in [7, 11) is 0. The van der Waals surface area contributed by atoms with Crippen LogP contribution in [-0.2, 0) is 120 Å². The molecule has 3 heterocycles. The van der Waals surface area contributed by atoms with Gasteiger partial charge in [0.2, 0.25) is 0 Å². The number of benzene rings is 6. The second kappa shape index (κ2) is 32.1. The molecule has 452 valence electrons. The Labute approximate surface area is 496 Å². The Hall–Kier alpha value is -6.75. The summed E-state index contributed by atoms with van der Waals surface area (Å²) in [5.74, 6) is -2.21. The van der Waals surface area contributed by atoms with Crippen molar-refractivity contribution in [3.8, 4) is 0 Å². The molecule has 3 aliphatic heterocycles. The molecule has 8 unspecified atom stereocenters. The molecule has 0 aliphatic carbocycles. The summed E-state index contributed by atoms with van der Waals surface area (Å²) in [6.07, 6.45) is -18.3. The van der Waals surface area contributed by atoms with Gasteiger partial charge in [-0.1, -0.05) is 182 Å². The predicted octanol–water partition coefficient (Wildman–Crippen LogP) is 8.56. The molecule has 3 aliphatic rings. The molecule has 3 fully saturated rings. The van der Waals surface area contributed by atoms with Gasteiger partial charge in [-0.25, -0.2) is 0 Å². The van der Waals surface area contributed by atoms with Gasteiger partial charge in [-0.05, 0) is 40.3 Å². The van der Waals surface area contributed by atoms with Crippen molar-refractivity contribution >= 4 is 17.9 Å². The third kappa shape index (κ3) is 18.1. The number of carbonyl (C=O) groups excluding carboxylic acids is 3. The van der Waals surface area contributed by atoms with Gasteiger partial charge < -0.3 is 71.4 Å². The molecule has 3 saturated heterocycles. The van der Waals surface area contributed by atoms with Crippen molar-refractivity contribution < 1.29 is 85.8 Å². The lowest BCUT2D eigenvalue weighted by molar-refractivity contribution is -0.389. The number of aliphatic hydroxyl groups is 1. The standard InChI is InChI=1S/C67H76O18/c1-44-57(74-38-50-27-15-7-16-28-50)61(58(54(35-68)78-44)75-39-51-29-17-8-18-30-51)84-67-65(63(80-46(3)70)60(77-41-53-33-21-10-22-34-53)56(83-67)43-73-37-49-25-13-6-14-26-49)85-66-64(81-47(4)71)62(79-45(2)69)59(76-40-52-31-19-9-20-32-52)55(82-66)42-72-36-48-23-11-5-12-24-48/h5-34,44,54-68H,35-43H2,1-4H3/t44-,54?,55?,56?,57?,58-,59-,60-,61-,62?,63?,64?,65?,66-,67-/m1/s1. The van der Waals surface area contributed by atoms with Crippen LogP contribution in [0.2, 0.25) is 0 Å². The fourth-order valence-electron chi connectivity index (χ4n) is 10.7. The summed E-state index contributed by atoms with van der Waals surface area (Å²) < 4.78 is 93.8. The van der Waals surface area contributed by atoms with Gasteiger partial charge >= 0.3 is 17.9 Å². The molecular weight excluding hydrogens is 1090 g/mol. The second-order valence-corrected chi connectivity index (χ2v) is 21.1. The highest BCUT2D eigenvalue weighted by molar-refractivity contribution is 5.67. The molecule has 9 rings (SSSR count). The van der Waals surface area contributed by atoms with Crippen LogP contribution >= 0.6 is 0 Å². The summed E-state index contributed by atoms with van der Waals surface area (Å²) in [5, 5.41) is 11.1. The number of esters is 3. The van der Waals surface area contributed by atoms with Crippen LogP contribution < -0.4 is 0 Å². The normalized spacial score (nSPS) is 27.6. The van der Waals surface area contributed by atoms with Gasteiger partial charge in [0, 0.05) is 20.8 Å². The molecule has 0 radical (unpaired) electrons. The molecule has 0 saturated carbocycles. The Morgan fingerprint density at radius 1 is 0.353 bits per heavy atom. The Morgan fingerprint density at radius 3 is 1.00 bits per heavy atom. The van der Waals surface area contributed by atoms with E-state index in [4.69, 9.17) is 66.3 Å². The first-order valence-electron chi connectivity index (χ1n) is 28.7. The lowest BCUT2D eigenvalue weighted by atomic mass is 9.93. The summed E-state index contributed by atoms with van der Waals surface area (Å²) in [4.78, 5) is 40.7. The van der Waals surface area contributed by atoms with E-state index in [1.807, 2.05) is 189 Å². The first-order chi connectivity index (χ1) is 41.5. The lowest BCUT2D eigenvalue weighted by Crippen LogP contribution is -2.68. The van der Waals surface area contributed by atoms with E-state index in [9.17, 15) is 19.5 Å². The molecule has 18 nitrogen and oxygen atoms in total. The highest BCUT2D eigenvalue weighted by Crippen LogP contribution is 2.39. The van der Waals surface area contributed by atoms with E-state index >= 15 is 0 Å². The quantitative estimate of drug-likeness (QED) is 0.0361. The van der Waals surface area contributed by atoms with Gasteiger partial charge in [0.05, 0.1) is 65.6 Å². The average molecular weight is 1170 g/mol. The highest BCUT2D eigenvalue weighted by atomic mass is 16.8. The van der Waals surface area contributed by atoms with Gasteiger partial charge in [0.1, 0.15) is 48.8 Å². The van der Waals surface area contributed by atoms with Gasteiger partial charge in [-0.15, -0.1) is 0 Å². The zero-order chi connectivity index (χ0) is 59.3. The summed E-state index contributed by atoms with van der Waals surface area (Å²) in [5.41, 5.74) is 5.04. The number of aliphatic hydroxyl groups excluding tert-OH is 1. The molecule has 6 aromatic rings. The molecule has 0 aromatic heterocycles. The smallest absolute Gasteiger partial charge is 0.303 e.